The average Bonchev–Trinajstić information content (AvgIpc) is 2.97. The van der Waals surface area contributed by atoms with Gasteiger partial charge < -0.3 is 20.7 Å². The molecule has 3 N–H and O–H groups in total. The van der Waals surface area contributed by atoms with Gasteiger partial charge >= 0.3 is 0 Å². The molecule has 19 heavy (non-hydrogen) atoms. The number of nitrogens with one attached hydrogen (secondary N) is 2. The van der Waals surface area contributed by atoms with Crippen LogP contribution in [0.5, 0.6) is 0 Å². The number of hydrogen-bond acceptors (Lipinski definition) is 4. The van der Waals surface area contributed by atoms with E-state index in [0.717, 1.165) is 42.9 Å². The molecule has 0 spiro atoms. The molecule has 1 atom stereocenters. The summed E-state index contributed by atoms with van der Waals surface area (Å²) in [6.45, 7) is 3.28. The fourth-order valence-electron chi connectivity index (χ4n) is 2.61. The van der Waals surface area contributed by atoms with Gasteiger partial charge in [0.25, 0.3) is 0 Å². The van der Waals surface area contributed by atoms with Gasteiger partial charge in [0.1, 0.15) is 0 Å². The minimum Gasteiger partial charge on any atom is -0.388 e. The first kappa shape index (κ1) is 14.0. The summed E-state index contributed by atoms with van der Waals surface area (Å²) in [6.07, 6.45) is 4.21. The first-order valence-electron chi connectivity index (χ1n) is 6.97. The van der Waals surface area contributed by atoms with E-state index in [4.69, 9.17) is 5.41 Å². The summed E-state index contributed by atoms with van der Waals surface area (Å²) in [5, 5.41) is 20.7. The molecule has 0 radical (unpaired) electrons. The number of aliphatic hydroxyl groups excluding tert-OH is 1. The van der Waals surface area contributed by atoms with E-state index in [9.17, 15) is 5.11 Å². The molecule has 0 aliphatic carbocycles. The van der Waals surface area contributed by atoms with Crippen LogP contribution in [0.4, 0.5) is 5.69 Å². The van der Waals surface area contributed by atoms with Crippen LogP contribution in [0.3, 0.4) is 0 Å². The van der Waals surface area contributed by atoms with Gasteiger partial charge in [0.15, 0.2) is 0 Å². The van der Waals surface area contributed by atoms with Crippen LogP contribution in [0.15, 0.2) is 18.2 Å². The zero-order valence-electron chi connectivity index (χ0n) is 11.5. The molecule has 1 aliphatic heterocycles. The van der Waals surface area contributed by atoms with Gasteiger partial charge in [-0.25, -0.2) is 0 Å². The van der Waals surface area contributed by atoms with E-state index in [1.807, 2.05) is 25.2 Å². The Morgan fingerprint density at radius 1 is 1.42 bits per heavy atom. The Morgan fingerprint density at radius 2 is 2.16 bits per heavy atom. The Balaban J connectivity index is 1.97. The highest BCUT2D eigenvalue weighted by molar-refractivity contribution is 5.86. The number of nitrogens with zero attached hydrogens (tertiary/aromatic N) is 1. The molecular weight excluding hydrogens is 238 g/mol. The number of hydrogen-bond donors (Lipinski definition) is 3. The lowest BCUT2D eigenvalue weighted by atomic mass is 10.0. The molecule has 1 aromatic carbocycles. The molecule has 1 aromatic rings. The lowest BCUT2D eigenvalue weighted by molar-refractivity contribution is 0.149. The Bertz CT molecular complexity index is 427. The van der Waals surface area contributed by atoms with Crippen molar-refractivity contribution in [2.45, 2.75) is 25.4 Å². The molecule has 1 aliphatic rings. The maximum atomic E-state index is 10.2. The van der Waals surface area contributed by atoms with Crippen LogP contribution in [0.25, 0.3) is 0 Å². The predicted molar refractivity (Wildman–Crippen MR) is 79.1 cm³/mol. The largest absolute Gasteiger partial charge is 0.388 e. The summed E-state index contributed by atoms with van der Waals surface area (Å²) in [6, 6.07) is 5.76. The second-order valence-electron chi connectivity index (χ2n) is 5.09. The van der Waals surface area contributed by atoms with E-state index >= 15 is 0 Å². The van der Waals surface area contributed by atoms with E-state index in [-0.39, 0.29) is 0 Å². The van der Waals surface area contributed by atoms with E-state index in [1.54, 1.807) is 0 Å². The standard InChI is InChI=1S/C15H23N3O/c1-17-14-5-4-12(10-13(14)11-16)15(19)6-9-18-7-2-3-8-18/h4-5,10-11,15-17,19H,2-3,6-9H2,1H3. The van der Waals surface area contributed by atoms with Gasteiger partial charge in [-0.05, 0) is 50.0 Å². The van der Waals surface area contributed by atoms with Crippen molar-refractivity contribution < 1.29 is 5.11 Å². The van der Waals surface area contributed by atoms with Gasteiger partial charge in [0, 0.05) is 31.1 Å². The third-order valence-corrected chi connectivity index (χ3v) is 3.80. The number of aliphatic hydroxyl groups is 1. The molecule has 2 rings (SSSR count). The Hall–Kier alpha value is -1.39. The van der Waals surface area contributed by atoms with Crippen molar-refractivity contribution >= 4 is 11.9 Å². The van der Waals surface area contributed by atoms with Crippen molar-refractivity contribution in [2.24, 2.45) is 0 Å². The van der Waals surface area contributed by atoms with Crippen LogP contribution in [0, 0.1) is 5.41 Å². The third kappa shape index (κ3) is 3.55. The zero-order valence-corrected chi connectivity index (χ0v) is 11.5. The summed E-state index contributed by atoms with van der Waals surface area (Å²) in [5.74, 6) is 0. The molecule has 104 valence electrons. The highest BCUT2D eigenvalue weighted by Crippen LogP contribution is 2.23. The molecule has 0 saturated carbocycles. The van der Waals surface area contributed by atoms with Crippen LogP contribution in [-0.2, 0) is 0 Å². The maximum absolute atomic E-state index is 10.2. The monoisotopic (exact) mass is 261 g/mol. The second kappa shape index (κ2) is 6.68. The normalized spacial score (nSPS) is 17.4. The number of likely N-dealkylation sites (tertiary alicyclic amines) is 1. The van der Waals surface area contributed by atoms with Crippen molar-refractivity contribution in [3.63, 3.8) is 0 Å². The molecule has 1 heterocycles. The maximum Gasteiger partial charge on any atom is 0.0802 e. The first-order valence-corrected chi connectivity index (χ1v) is 6.97. The van der Waals surface area contributed by atoms with Crippen molar-refractivity contribution in [3.8, 4) is 0 Å². The summed E-state index contributed by atoms with van der Waals surface area (Å²) < 4.78 is 0. The van der Waals surface area contributed by atoms with Crippen LogP contribution >= 0.6 is 0 Å². The molecule has 0 amide bonds. The molecule has 1 unspecified atom stereocenters. The van der Waals surface area contributed by atoms with Crippen LogP contribution in [-0.4, -0.2) is 42.9 Å². The van der Waals surface area contributed by atoms with Crippen molar-refractivity contribution in [1.29, 1.82) is 5.41 Å². The number of rotatable bonds is 6. The smallest absolute Gasteiger partial charge is 0.0802 e. The van der Waals surface area contributed by atoms with E-state index in [1.165, 1.54) is 19.1 Å². The van der Waals surface area contributed by atoms with Crippen molar-refractivity contribution in [2.75, 3.05) is 32.0 Å². The third-order valence-electron chi connectivity index (χ3n) is 3.80. The highest BCUT2D eigenvalue weighted by atomic mass is 16.3. The highest BCUT2D eigenvalue weighted by Gasteiger charge is 2.15. The molecule has 4 nitrogen and oxygen atoms in total. The summed E-state index contributed by atoms with van der Waals surface area (Å²) in [4.78, 5) is 2.41. The van der Waals surface area contributed by atoms with Crippen molar-refractivity contribution in [3.05, 3.63) is 29.3 Å². The molecular formula is C15H23N3O. The van der Waals surface area contributed by atoms with Crippen LogP contribution in [0.2, 0.25) is 0 Å². The lowest BCUT2D eigenvalue weighted by Gasteiger charge is -2.18. The Kier molecular flexibility index (Phi) is 4.93. The fourth-order valence-corrected chi connectivity index (χ4v) is 2.61. The SMILES string of the molecule is CNc1ccc(C(O)CCN2CCCC2)cc1C=N. The predicted octanol–water partition coefficient (Wildman–Crippen LogP) is 2.25. The minimum absolute atomic E-state index is 0.440. The Labute approximate surface area is 114 Å². The number of benzene rings is 1. The summed E-state index contributed by atoms with van der Waals surface area (Å²) in [5.41, 5.74) is 2.64. The van der Waals surface area contributed by atoms with Crippen molar-refractivity contribution in [1.82, 2.24) is 4.90 Å². The summed E-state index contributed by atoms with van der Waals surface area (Å²) >= 11 is 0. The quantitative estimate of drug-likeness (QED) is 0.688. The summed E-state index contributed by atoms with van der Waals surface area (Å²) in [7, 11) is 1.84. The first-order chi connectivity index (χ1) is 9.24. The Morgan fingerprint density at radius 3 is 2.79 bits per heavy atom. The average molecular weight is 261 g/mol. The fraction of sp³-hybridized carbons (Fsp3) is 0.533. The molecule has 4 heteroatoms. The van der Waals surface area contributed by atoms with Gasteiger partial charge in [-0.15, -0.1) is 0 Å². The molecule has 1 saturated heterocycles. The van der Waals surface area contributed by atoms with E-state index < -0.39 is 6.10 Å². The van der Waals surface area contributed by atoms with Gasteiger partial charge in [0.05, 0.1) is 6.10 Å². The van der Waals surface area contributed by atoms with Crippen LogP contribution in [0.1, 0.15) is 36.5 Å². The van der Waals surface area contributed by atoms with Crippen LogP contribution < -0.4 is 5.32 Å². The zero-order chi connectivity index (χ0) is 13.7. The van der Waals surface area contributed by atoms with Gasteiger partial charge in [-0.3, -0.25) is 0 Å². The van der Waals surface area contributed by atoms with Gasteiger partial charge in [-0.2, -0.15) is 0 Å². The van der Waals surface area contributed by atoms with E-state index in [2.05, 4.69) is 10.2 Å². The molecule has 0 bridgehead atoms. The van der Waals surface area contributed by atoms with Gasteiger partial charge in [0.2, 0.25) is 0 Å². The molecule has 0 aromatic heterocycles. The molecule has 1 fully saturated rings. The second-order valence-corrected chi connectivity index (χ2v) is 5.09. The lowest BCUT2D eigenvalue weighted by Crippen LogP contribution is -2.22. The topological polar surface area (TPSA) is 59.4 Å². The number of anilines is 1. The van der Waals surface area contributed by atoms with E-state index in [0.29, 0.717) is 0 Å². The van der Waals surface area contributed by atoms with Gasteiger partial charge in [-0.1, -0.05) is 6.07 Å². The minimum atomic E-state index is -0.440.